The van der Waals surface area contributed by atoms with Crippen molar-refractivity contribution in [2.45, 2.75) is 6.92 Å². The molecule has 4 rings (SSSR count). The first-order chi connectivity index (χ1) is 13.2. The number of carbonyl (C=O) groups excluding carboxylic acids is 1. The fourth-order valence-electron chi connectivity index (χ4n) is 3.62. The fraction of sp³-hybridized carbons (Fsp3) is 0.273. The van der Waals surface area contributed by atoms with E-state index in [1.165, 1.54) is 0 Å². The quantitative estimate of drug-likeness (QED) is 0.716. The molecule has 27 heavy (non-hydrogen) atoms. The number of ether oxygens (including phenoxy) is 1. The van der Waals surface area contributed by atoms with Crippen molar-refractivity contribution in [1.82, 2.24) is 9.88 Å². The van der Waals surface area contributed by atoms with E-state index in [0.717, 1.165) is 46.7 Å². The van der Waals surface area contributed by atoms with Crippen LogP contribution in [0.2, 0.25) is 0 Å². The Balaban J connectivity index is 1.50. The second kappa shape index (κ2) is 7.27. The molecule has 0 bridgehead atoms. The Morgan fingerprint density at radius 3 is 2.41 bits per heavy atom. The Morgan fingerprint density at radius 1 is 1.00 bits per heavy atom. The summed E-state index contributed by atoms with van der Waals surface area (Å²) >= 11 is 0. The van der Waals surface area contributed by atoms with Crippen LogP contribution in [0, 0.1) is 6.92 Å². The third kappa shape index (κ3) is 3.45. The molecule has 5 heteroatoms. The number of piperazine rings is 1. The average molecular weight is 361 g/mol. The Hall–Kier alpha value is -3.08. The lowest BCUT2D eigenvalue weighted by Crippen LogP contribution is -2.48. The molecule has 138 valence electrons. The molecule has 0 unspecified atom stereocenters. The van der Waals surface area contributed by atoms with Crippen molar-refractivity contribution in [1.29, 1.82) is 0 Å². The molecule has 1 amide bonds. The number of anilines is 1. The van der Waals surface area contributed by atoms with Gasteiger partial charge in [0.2, 0.25) is 0 Å². The first kappa shape index (κ1) is 17.3. The van der Waals surface area contributed by atoms with Crippen molar-refractivity contribution < 1.29 is 9.53 Å². The highest BCUT2D eigenvalue weighted by Gasteiger charge is 2.24. The van der Waals surface area contributed by atoms with Crippen LogP contribution in [0.4, 0.5) is 5.69 Å². The molecule has 2 heterocycles. The van der Waals surface area contributed by atoms with Gasteiger partial charge < -0.3 is 14.5 Å². The molecule has 1 aromatic heterocycles. The van der Waals surface area contributed by atoms with Crippen LogP contribution in [0.15, 0.2) is 54.6 Å². The van der Waals surface area contributed by atoms with Gasteiger partial charge in [-0.25, -0.2) is 0 Å². The Morgan fingerprint density at radius 2 is 1.70 bits per heavy atom. The summed E-state index contributed by atoms with van der Waals surface area (Å²) in [7, 11) is 1.67. The van der Waals surface area contributed by atoms with Gasteiger partial charge >= 0.3 is 0 Å². The van der Waals surface area contributed by atoms with Crippen LogP contribution in [0.3, 0.4) is 0 Å². The first-order valence-corrected chi connectivity index (χ1v) is 9.20. The molecule has 0 N–H and O–H groups in total. The summed E-state index contributed by atoms with van der Waals surface area (Å²) in [5, 5.41) is 0.922. The lowest BCUT2D eigenvalue weighted by Gasteiger charge is -2.36. The van der Waals surface area contributed by atoms with Gasteiger partial charge in [-0.3, -0.25) is 9.78 Å². The first-order valence-electron chi connectivity index (χ1n) is 9.20. The molecular weight excluding hydrogens is 338 g/mol. The number of hydrogen-bond donors (Lipinski definition) is 0. The summed E-state index contributed by atoms with van der Waals surface area (Å²) < 4.78 is 5.22. The van der Waals surface area contributed by atoms with Gasteiger partial charge in [0.15, 0.2) is 0 Å². The van der Waals surface area contributed by atoms with Gasteiger partial charge in [0, 0.05) is 42.9 Å². The maximum absolute atomic E-state index is 13.2. The summed E-state index contributed by atoms with van der Waals surface area (Å²) in [4.78, 5) is 21.9. The molecule has 0 atom stereocenters. The molecule has 1 aliphatic heterocycles. The highest BCUT2D eigenvalue weighted by molar-refractivity contribution is 6.06. The third-order valence-electron chi connectivity index (χ3n) is 5.08. The van der Waals surface area contributed by atoms with Crippen molar-refractivity contribution in [3.8, 4) is 5.75 Å². The molecule has 1 saturated heterocycles. The van der Waals surface area contributed by atoms with Crippen molar-refractivity contribution >= 4 is 22.5 Å². The maximum atomic E-state index is 13.2. The Bertz CT molecular complexity index is 961. The number of hydrogen-bond acceptors (Lipinski definition) is 4. The molecule has 3 aromatic rings. The predicted octanol–water partition coefficient (Wildman–Crippen LogP) is 3.51. The molecule has 0 spiro atoms. The van der Waals surface area contributed by atoms with E-state index < -0.39 is 0 Å². The highest BCUT2D eigenvalue weighted by Crippen LogP contribution is 2.23. The van der Waals surface area contributed by atoms with Crippen molar-refractivity contribution in [2.24, 2.45) is 0 Å². The molecule has 0 aliphatic carbocycles. The number of benzene rings is 2. The molecule has 0 saturated carbocycles. The van der Waals surface area contributed by atoms with Crippen LogP contribution in [-0.4, -0.2) is 49.1 Å². The number of fused-ring (bicyclic) bond motifs is 1. The number of pyridine rings is 1. The van der Waals surface area contributed by atoms with Crippen LogP contribution in [0.1, 0.15) is 16.1 Å². The average Bonchev–Trinajstić information content (AvgIpc) is 2.73. The van der Waals surface area contributed by atoms with Crippen molar-refractivity contribution in [3.63, 3.8) is 0 Å². The molecular formula is C22H23N3O2. The minimum Gasteiger partial charge on any atom is -0.497 e. The topological polar surface area (TPSA) is 45.7 Å². The second-order valence-corrected chi connectivity index (χ2v) is 6.81. The predicted molar refractivity (Wildman–Crippen MR) is 108 cm³/mol. The van der Waals surface area contributed by atoms with Gasteiger partial charge in [0.05, 0.1) is 18.2 Å². The smallest absolute Gasteiger partial charge is 0.254 e. The van der Waals surface area contributed by atoms with Gasteiger partial charge in [0.25, 0.3) is 5.91 Å². The van der Waals surface area contributed by atoms with E-state index in [-0.39, 0.29) is 5.91 Å². The third-order valence-corrected chi connectivity index (χ3v) is 5.08. The number of nitrogens with zero attached hydrogens (tertiary/aromatic N) is 3. The summed E-state index contributed by atoms with van der Waals surface area (Å²) in [6, 6.07) is 17.8. The van der Waals surface area contributed by atoms with E-state index in [9.17, 15) is 4.79 Å². The van der Waals surface area contributed by atoms with Crippen molar-refractivity contribution in [2.75, 3.05) is 38.2 Å². The van der Waals surface area contributed by atoms with E-state index in [4.69, 9.17) is 4.74 Å². The van der Waals surface area contributed by atoms with Crippen molar-refractivity contribution in [3.05, 3.63) is 65.9 Å². The Kier molecular flexibility index (Phi) is 4.67. The van der Waals surface area contributed by atoms with Gasteiger partial charge in [0.1, 0.15) is 5.75 Å². The van der Waals surface area contributed by atoms with Crippen LogP contribution < -0.4 is 9.64 Å². The zero-order valence-electron chi connectivity index (χ0n) is 15.7. The normalized spacial score (nSPS) is 14.4. The molecule has 1 fully saturated rings. The highest BCUT2D eigenvalue weighted by atomic mass is 16.5. The monoisotopic (exact) mass is 361 g/mol. The van der Waals surface area contributed by atoms with Crippen LogP contribution in [-0.2, 0) is 0 Å². The molecule has 0 radical (unpaired) electrons. The largest absolute Gasteiger partial charge is 0.497 e. The summed E-state index contributed by atoms with van der Waals surface area (Å²) in [6.45, 7) is 4.99. The zero-order valence-corrected chi connectivity index (χ0v) is 15.7. The fourth-order valence-corrected chi connectivity index (χ4v) is 3.62. The van der Waals surface area contributed by atoms with Gasteiger partial charge in [-0.05, 0) is 43.3 Å². The minimum atomic E-state index is 0.0890. The summed E-state index contributed by atoms with van der Waals surface area (Å²) in [6.07, 6.45) is 0. The van der Waals surface area contributed by atoms with Crippen LogP contribution in [0.25, 0.3) is 10.9 Å². The number of aromatic nitrogens is 1. The van der Waals surface area contributed by atoms with E-state index in [1.807, 2.05) is 54.3 Å². The Labute approximate surface area is 159 Å². The van der Waals surface area contributed by atoms with Gasteiger partial charge in [-0.15, -0.1) is 0 Å². The van der Waals surface area contributed by atoms with Gasteiger partial charge in [-0.2, -0.15) is 0 Å². The number of amides is 1. The lowest BCUT2D eigenvalue weighted by molar-refractivity contribution is 0.0748. The summed E-state index contributed by atoms with van der Waals surface area (Å²) in [5.74, 6) is 0.943. The molecule has 1 aliphatic rings. The SMILES string of the molecule is COc1ccc(N2CCN(C(=O)c3cc(C)nc4ccccc34)CC2)cc1. The standard InChI is InChI=1S/C22H23N3O2/c1-16-15-20(19-5-3-4-6-21(19)23-16)22(26)25-13-11-24(12-14-25)17-7-9-18(27-2)10-8-17/h3-10,15H,11-14H2,1-2H3. The molecule has 2 aromatic carbocycles. The number of para-hydroxylation sites is 1. The number of rotatable bonds is 3. The van der Waals surface area contributed by atoms with Crippen LogP contribution in [0.5, 0.6) is 5.75 Å². The van der Waals surface area contributed by atoms with Crippen LogP contribution >= 0.6 is 0 Å². The number of aryl methyl sites for hydroxylation is 1. The maximum Gasteiger partial charge on any atom is 0.254 e. The van der Waals surface area contributed by atoms with E-state index in [1.54, 1.807) is 7.11 Å². The second-order valence-electron chi connectivity index (χ2n) is 6.81. The summed E-state index contributed by atoms with van der Waals surface area (Å²) in [5.41, 5.74) is 3.65. The number of carbonyl (C=O) groups is 1. The van der Waals surface area contributed by atoms with Gasteiger partial charge in [-0.1, -0.05) is 18.2 Å². The minimum absolute atomic E-state index is 0.0890. The molecule has 5 nitrogen and oxygen atoms in total. The zero-order chi connectivity index (χ0) is 18.8. The van der Waals surface area contributed by atoms with E-state index in [2.05, 4.69) is 22.0 Å². The number of methoxy groups -OCH3 is 1. The lowest BCUT2D eigenvalue weighted by atomic mass is 10.1. The van der Waals surface area contributed by atoms with E-state index in [0.29, 0.717) is 13.1 Å². The van der Waals surface area contributed by atoms with E-state index >= 15 is 0 Å².